The lowest BCUT2D eigenvalue weighted by molar-refractivity contribution is 1.28. The molecule has 0 unspecified atom stereocenters. The van der Waals surface area contributed by atoms with Gasteiger partial charge in [-0.3, -0.25) is 0 Å². The molecule has 56 heavy (non-hydrogen) atoms. The van der Waals surface area contributed by atoms with Gasteiger partial charge in [0.2, 0.25) is 0 Å². The van der Waals surface area contributed by atoms with Crippen molar-refractivity contribution in [1.82, 2.24) is 0 Å². The summed E-state index contributed by atoms with van der Waals surface area (Å²) in [7, 11) is 0. The third kappa shape index (κ3) is 7.24. The van der Waals surface area contributed by atoms with E-state index in [-0.39, 0.29) is 35.5 Å². The van der Waals surface area contributed by atoms with E-state index in [4.69, 9.17) is 13.7 Å². The monoisotopic (exact) mass is 726 g/mol. The van der Waals surface area contributed by atoms with Gasteiger partial charge in [-0.25, -0.2) is 0 Å². The molecule has 9 rings (SSSR count). The largest absolute Gasteiger partial charge is 0.311 e. The van der Waals surface area contributed by atoms with Crippen LogP contribution in [0.3, 0.4) is 0 Å². The smallest absolute Gasteiger partial charge is 0.0645 e. The summed E-state index contributed by atoms with van der Waals surface area (Å²) < 4.78 is 87.0. The van der Waals surface area contributed by atoms with Crippen LogP contribution in [-0.4, -0.2) is 0 Å². The molecule has 0 saturated carbocycles. The zero-order chi connectivity index (χ0) is 46.2. The molecule has 2 nitrogen and oxygen atoms in total. The predicted octanol–water partition coefficient (Wildman–Crippen LogP) is 15.3. The first-order chi connectivity index (χ1) is 31.9. The molecule has 0 N–H and O–H groups in total. The van der Waals surface area contributed by atoms with E-state index in [1.807, 2.05) is 182 Å². The molecule has 0 bridgehead atoms. The van der Waals surface area contributed by atoms with Gasteiger partial charge in [-0.1, -0.05) is 170 Å². The van der Waals surface area contributed by atoms with E-state index in [0.717, 1.165) is 44.5 Å². The Labute approximate surface area is 343 Å². The summed E-state index contributed by atoms with van der Waals surface area (Å²) in [5.41, 5.74) is 9.48. The summed E-state index contributed by atoms with van der Waals surface area (Å²) in [5.74, 6) is 0. The van der Waals surface area contributed by atoms with Crippen LogP contribution in [-0.2, 0) is 0 Å². The second-order valence-electron chi connectivity index (χ2n) is 13.1. The highest BCUT2D eigenvalue weighted by Crippen LogP contribution is 2.43. The van der Waals surface area contributed by atoms with Gasteiger partial charge in [-0.2, -0.15) is 0 Å². The lowest BCUT2D eigenvalue weighted by atomic mass is 9.95. The Morgan fingerprint density at radius 1 is 0.268 bits per heavy atom. The molecule has 0 saturated heterocycles. The van der Waals surface area contributed by atoms with Gasteiger partial charge >= 0.3 is 0 Å². The van der Waals surface area contributed by atoms with Crippen LogP contribution >= 0.6 is 0 Å². The van der Waals surface area contributed by atoms with E-state index in [1.54, 1.807) is 9.80 Å². The van der Waals surface area contributed by atoms with E-state index in [0.29, 0.717) is 22.7 Å². The molecule has 0 atom stereocenters. The van der Waals surface area contributed by atoms with Gasteiger partial charge in [0.05, 0.1) is 19.4 Å². The Morgan fingerprint density at radius 3 is 1.05 bits per heavy atom. The summed E-state index contributed by atoms with van der Waals surface area (Å²) >= 11 is 0. The first kappa shape index (κ1) is 24.8. The number of para-hydroxylation sites is 2. The number of hydrogen-bond acceptors (Lipinski definition) is 2. The van der Waals surface area contributed by atoms with Crippen molar-refractivity contribution >= 4 is 34.1 Å². The molecule has 0 amide bonds. The number of rotatable bonds is 10. The second kappa shape index (κ2) is 15.9. The molecule has 0 aliphatic heterocycles. The molecule has 0 spiro atoms. The van der Waals surface area contributed by atoms with E-state index in [2.05, 4.69) is 0 Å². The maximum Gasteiger partial charge on any atom is 0.0645 e. The lowest BCUT2D eigenvalue weighted by Crippen LogP contribution is -2.11. The Kier molecular flexibility index (Phi) is 7.04. The molecule has 0 fully saturated rings. The Bertz CT molecular complexity index is 3160. The molecule has 9 aromatic rings. The van der Waals surface area contributed by atoms with E-state index >= 15 is 0 Å². The van der Waals surface area contributed by atoms with Crippen molar-refractivity contribution < 1.29 is 13.7 Å². The highest BCUT2D eigenvalue weighted by atomic mass is 15.1. The summed E-state index contributed by atoms with van der Waals surface area (Å²) in [5, 5.41) is 0. The maximum atomic E-state index is 9.11. The molecule has 0 aliphatic carbocycles. The average Bonchev–Trinajstić information content (AvgIpc) is 3.37. The fraction of sp³-hybridized carbons (Fsp3) is 0. The fourth-order valence-electron chi connectivity index (χ4n) is 6.94. The van der Waals surface area contributed by atoms with Crippen LogP contribution in [0.25, 0.3) is 44.5 Å². The van der Waals surface area contributed by atoms with Crippen molar-refractivity contribution in [3.8, 4) is 44.5 Å². The van der Waals surface area contributed by atoms with Crippen molar-refractivity contribution in [3.05, 3.63) is 242 Å². The Hall–Kier alpha value is -7.42. The first-order valence-electron chi connectivity index (χ1n) is 23.3. The molecular weight excluding hydrogens is 677 g/mol. The highest BCUT2D eigenvalue weighted by Gasteiger charge is 2.19. The third-order valence-electron chi connectivity index (χ3n) is 9.67. The van der Waals surface area contributed by atoms with Crippen LogP contribution in [0.4, 0.5) is 34.1 Å². The fourth-order valence-corrected chi connectivity index (χ4v) is 6.94. The van der Waals surface area contributed by atoms with Crippen LogP contribution in [0.5, 0.6) is 0 Å². The number of anilines is 6. The minimum atomic E-state index is -0.482. The number of benzene rings is 9. The van der Waals surface area contributed by atoms with Crippen LogP contribution in [0, 0.1) is 0 Å². The molecular formula is C54H40N2. The van der Waals surface area contributed by atoms with E-state index < -0.39 is 36.3 Å². The SMILES string of the molecule is [2H]c1c([2H])c([2H])c(N(c2ccc(-c3ccccc3)cc2)c2ccc(-c3ccc(N(c4ccc(-c5ccccc5)cc4)c4c([2H])c([2H])c([2H])c([2H])c4[2H])c(-c4ccccc4)c3)cc2)c([2H])c1[2H]. The summed E-state index contributed by atoms with van der Waals surface area (Å²) in [6.07, 6.45) is 0. The molecule has 0 heterocycles. The van der Waals surface area contributed by atoms with Crippen LogP contribution in [0.1, 0.15) is 13.7 Å². The van der Waals surface area contributed by atoms with Crippen molar-refractivity contribution in [2.75, 3.05) is 9.80 Å². The average molecular weight is 727 g/mol. The summed E-state index contributed by atoms with van der Waals surface area (Å²) in [6, 6.07) is 54.1. The third-order valence-corrected chi connectivity index (χ3v) is 9.67. The Balaban J connectivity index is 1.18. The predicted molar refractivity (Wildman–Crippen MR) is 238 cm³/mol. The molecule has 2 heteroatoms. The number of hydrogen-bond donors (Lipinski definition) is 0. The minimum absolute atomic E-state index is 0.00675. The normalized spacial score (nSPS) is 13.4. The van der Waals surface area contributed by atoms with Gasteiger partial charge in [0.15, 0.2) is 0 Å². The molecule has 9 aromatic carbocycles. The molecule has 0 radical (unpaired) electrons. The zero-order valence-corrected chi connectivity index (χ0v) is 30.2. The van der Waals surface area contributed by atoms with Gasteiger partial charge in [0.25, 0.3) is 0 Å². The molecule has 266 valence electrons. The van der Waals surface area contributed by atoms with Gasteiger partial charge in [-0.05, 0) is 112 Å². The van der Waals surface area contributed by atoms with Gasteiger partial charge in [0.1, 0.15) is 0 Å². The first-order valence-corrected chi connectivity index (χ1v) is 18.3. The Morgan fingerprint density at radius 2 is 0.607 bits per heavy atom. The van der Waals surface area contributed by atoms with Crippen molar-refractivity contribution in [1.29, 1.82) is 0 Å². The topological polar surface area (TPSA) is 6.48 Å². The quantitative estimate of drug-likeness (QED) is 0.138. The van der Waals surface area contributed by atoms with Gasteiger partial charge < -0.3 is 9.80 Å². The van der Waals surface area contributed by atoms with E-state index in [9.17, 15) is 0 Å². The maximum absolute atomic E-state index is 9.11. The zero-order valence-electron chi connectivity index (χ0n) is 40.2. The second-order valence-corrected chi connectivity index (χ2v) is 13.1. The van der Waals surface area contributed by atoms with E-state index in [1.165, 1.54) is 0 Å². The summed E-state index contributed by atoms with van der Waals surface area (Å²) in [6.45, 7) is 0. The number of nitrogens with zero attached hydrogens (tertiary/aromatic N) is 2. The van der Waals surface area contributed by atoms with Gasteiger partial charge in [-0.15, -0.1) is 0 Å². The summed E-state index contributed by atoms with van der Waals surface area (Å²) in [4.78, 5) is 3.41. The molecule has 0 aliphatic rings. The van der Waals surface area contributed by atoms with Crippen LogP contribution in [0.15, 0.2) is 242 Å². The molecule has 0 aromatic heterocycles. The van der Waals surface area contributed by atoms with Crippen molar-refractivity contribution in [3.63, 3.8) is 0 Å². The lowest BCUT2D eigenvalue weighted by Gasteiger charge is -2.28. The minimum Gasteiger partial charge on any atom is -0.311 e. The standard InChI is InChI=1S/C54H40N2/c1-6-16-41(17-7-1)43-26-33-50(34-27-43)55(48-22-12-4-13-23-48)51-35-30-45(31-36-51)47-32-39-54(53(40-47)46-20-10-3-11-21-46)56(49-24-14-5-15-25-49)52-37-28-44(29-38-52)42-18-8-2-9-19-42/h1-40H/i4D,5D,12D,13D,14D,15D,22D,23D,24D,25D. The van der Waals surface area contributed by atoms with Crippen molar-refractivity contribution in [2.45, 2.75) is 0 Å². The van der Waals surface area contributed by atoms with Crippen molar-refractivity contribution in [2.24, 2.45) is 0 Å². The van der Waals surface area contributed by atoms with Gasteiger partial charge in [0, 0.05) is 34.0 Å². The highest BCUT2D eigenvalue weighted by molar-refractivity contribution is 5.91. The van der Waals surface area contributed by atoms with Crippen LogP contribution in [0.2, 0.25) is 0 Å². The van der Waals surface area contributed by atoms with Crippen LogP contribution < -0.4 is 9.80 Å².